The van der Waals surface area contributed by atoms with Gasteiger partial charge in [0.15, 0.2) is 5.13 Å². The van der Waals surface area contributed by atoms with Crippen LogP contribution in [-0.2, 0) is 14.8 Å². The summed E-state index contributed by atoms with van der Waals surface area (Å²) in [5.74, 6) is 0.551. The number of thiophene rings is 1. The highest BCUT2D eigenvalue weighted by atomic mass is 35.5. The zero-order valence-corrected chi connectivity index (χ0v) is 37.2. The molecule has 314 valence electrons. The fourth-order valence-electron chi connectivity index (χ4n) is 7.92. The van der Waals surface area contributed by atoms with E-state index >= 15 is 0 Å². The fourth-order valence-corrected chi connectivity index (χ4v) is 10.9. The van der Waals surface area contributed by atoms with Crippen LogP contribution >= 0.6 is 58.3 Å². The summed E-state index contributed by atoms with van der Waals surface area (Å²) in [4.78, 5) is 45.9. The van der Waals surface area contributed by atoms with Gasteiger partial charge in [-0.25, -0.2) is 18.4 Å². The van der Waals surface area contributed by atoms with Gasteiger partial charge in [-0.3, -0.25) is 19.8 Å². The number of piperidine rings is 1. The number of thiazole rings is 1. The van der Waals surface area contributed by atoms with Gasteiger partial charge in [0.25, 0.3) is 15.9 Å². The summed E-state index contributed by atoms with van der Waals surface area (Å²) in [7, 11) is -3.53. The number of hydrogen-bond donors (Lipinski definition) is 2. The van der Waals surface area contributed by atoms with Gasteiger partial charge in [-0.2, -0.15) is 0 Å². The Balaban J connectivity index is 0.00000567. The van der Waals surface area contributed by atoms with Gasteiger partial charge < -0.3 is 20.0 Å². The van der Waals surface area contributed by atoms with Crippen molar-refractivity contribution in [1.82, 2.24) is 25.1 Å². The molecule has 0 atom stereocenters. The Hall–Kier alpha value is -3.25. The van der Waals surface area contributed by atoms with E-state index in [9.17, 15) is 18.0 Å². The molecule has 2 amide bonds. The summed E-state index contributed by atoms with van der Waals surface area (Å²) in [5, 5.41) is 10.5. The van der Waals surface area contributed by atoms with Crippen LogP contribution in [0.1, 0.15) is 68.1 Å². The van der Waals surface area contributed by atoms with Crippen molar-refractivity contribution < 1.29 is 18.0 Å². The SMILES string of the molecule is CS(=O)(=O)/N=C1/CC=CC=CN1CCCNC(=O)C1CCN(c2ncc(C(=O)Nc3nc(-c4cc(Cl)cs4)c(N4CCN(C5CCCCC5)CC4)s3)cc2Cl)CC1.Cl. The molecular formula is C39H50Cl3N9O4S3. The van der Waals surface area contributed by atoms with Crippen LogP contribution in [0.5, 0.6) is 0 Å². The van der Waals surface area contributed by atoms with Crippen LogP contribution in [0.4, 0.5) is 16.0 Å². The summed E-state index contributed by atoms with van der Waals surface area (Å²) >= 11 is 16.1. The number of piperazine rings is 1. The number of nitrogens with one attached hydrogen (secondary N) is 2. The normalized spacial score (nSPS) is 19.3. The molecule has 19 heteroatoms. The molecule has 0 aromatic carbocycles. The fraction of sp³-hybridized carbons (Fsp3) is 0.513. The van der Waals surface area contributed by atoms with Crippen molar-refractivity contribution >= 4 is 102 Å². The lowest BCUT2D eigenvalue weighted by molar-refractivity contribution is -0.125. The molecule has 3 aromatic heterocycles. The first-order chi connectivity index (χ1) is 27.5. The Morgan fingerprint density at radius 3 is 2.43 bits per heavy atom. The number of carbonyl (C=O) groups is 2. The minimum absolute atomic E-state index is 0. The van der Waals surface area contributed by atoms with Crippen LogP contribution in [0.25, 0.3) is 10.6 Å². The number of aromatic nitrogens is 2. The van der Waals surface area contributed by atoms with Crippen molar-refractivity contribution in [3.05, 3.63) is 63.7 Å². The average Bonchev–Trinajstić information content (AvgIpc) is 3.77. The molecule has 3 fully saturated rings. The maximum atomic E-state index is 13.5. The number of sulfonamides is 1. The number of carbonyl (C=O) groups excluding carboxylic acids is 2. The first kappa shape index (κ1) is 44.3. The summed E-state index contributed by atoms with van der Waals surface area (Å²) in [6, 6.07) is 4.26. The number of amides is 2. The third kappa shape index (κ3) is 11.5. The van der Waals surface area contributed by atoms with Crippen molar-refractivity contribution in [3.63, 3.8) is 0 Å². The minimum atomic E-state index is -3.53. The van der Waals surface area contributed by atoms with Gasteiger partial charge in [-0.1, -0.05) is 66.0 Å². The number of amidine groups is 1. The minimum Gasteiger partial charge on any atom is -0.359 e. The Morgan fingerprint density at radius 1 is 0.983 bits per heavy atom. The Bertz CT molecular complexity index is 2100. The van der Waals surface area contributed by atoms with E-state index < -0.39 is 10.0 Å². The number of allylic oxidation sites excluding steroid dienone is 2. The highest BCUT2D eigenvalue weighted by molar-refractivity contribution is 7.89. The zero-order chi connectivity index (χ0) is 39.9. The van der Waals surface area contributed by atoms with Crippen LogP contribution in [0, 0.1) is 5.92 Å². The van der Waals surface area contributed by atoms with Crippen molar-refractivity contribution in [2.75, 3.05) is 73.7 Å². The molecule has 4 aliphatic rings. The van der Waals surface area contributed by atoms with Gasteiger partial charge in [0.05, 0.1) is 26.7 Å². The first-order valence-corrected chi connectivity index (χ1v) is 23.9. The molecule has 2 saturated heterocycles. The zero-order valence-electron chi connectivity index (χ0n) is 32.4. The van der Waals surface area contributed by atoms with Crippen molar-refractivity contribution in [2.24, 2.45) is 10.3 Å². The lowest BCUT2D eigenvalue weighted by atomic mass is 9.94. The van der Waals surface area contributed by atoms with Crippen LogP contribution in [-0.4, -0.2) is 110 Å². The lowest BCUT2D eigenvalue weighted by Crippen LogP contribution is -2.50. The summed E-state index contributed by atoms with van der Waals surface area (Å²) in [5.41, 5.74) is 1.17. The molecule has 3 aromatic rings. The summed E-state index contributed by atoms with van der Waals surface area (Å²) in [6.07, 6.45) is 18.9. The molecule has 0 unspecified atom stereocenters. The largest absolute Gasteiger partial charge is 0.359 e. The summed E-state index contributed by atoms with van der Waals surface area (Å²) in [6.45, 7) is 6.02. The van der Waals surface area contributed by atoms with Crippen molar-refractivity contribution in [2.45, 2.75) is 63.8 Å². The standard InChI is InChI=1S/C39H49Cl2N9O4S3.ClH/c1-57(53,54)46-33-11-6-3-7-15-48(33)16-8-14-42-36(51)27-12-17-49(18-13-27)35-31(41)23-28(25-43-35)37(52)45-39-44-34(32-24-29(40)26-55-32)38(56-39)50-21-19-47(20-22-50)30-9-4-2-5-10-30;/h3,6-7,15,23-27,30H,2,4-5,8-14,16-22H2,1H3,(H,42,51)(H,44,45,52);1H/b46-33-;. The maximum Gasteiger partial charge on any atom is 0.259 e. The van der Waals surface area contributed by atoms with Gasteiger partial charge in [-0.15, -0.1) is 28.1 Å². The van der Waals surface area contributed by atoms with Gasteiger partial charge in [0.2, 0.25) is 5.91 Å². The van der Waals surface area contributed by atoms with E-state index in [4.69, 9.17) is 28.2 Å². The molecule has 1 aliphatic carbocycles. The Morgan fingerprint density at radius 2 is 1.74 bits per heavy atom. The van der Waals surface area contributed by atoms with E-state index in [-0.39, 0.29) is 30.1 Å². The third-order valence-corrected chi connectivity index (χ3v) is 14.0. The smallest absolute Gasteiger partial charge is 0.259 e. The molecule has 7 rings (SSSR count). The predicted molar refractivity (Wildman–Crippen MR) is 240 cm³/mol. The monoisotopic (exact) mass is 909 g/mol. The Kier molecular flexibility index (Phi) is 15.5. The summed E-state index contributed by atoms with van der Waals surface area (Å²) < 4.78 is 27.4. The molecule has 1 saturated carbocycles. The van der Waals surface area contributed by atoms with E-state index in [2.05, 4.69) is 34.7 Å². The van der Waals surface area contributed by atoms with Gasteiger partial charge in [0.1, 0.15) is 22.3 Å². The molecule has 3 aliphatic heterocycles. The van der Waals surface area contributed by atoms with Crippen LogP contribution in [0.2, 0.25) is 10.0 Å². The number of rotatable bonds is 12. The van der Waals surface area contributed by atoms with Crippen molar-refractivity contribution in [1.29, 1.82) is 0 Å². The van der Waals surface area contributed by atoms with Crippen molar-refractivity contribution in [3.8, 4) is 10.6 Å². The molecule has 58 heavy (non-hydrogen) atoms. The lowest BCUT2D eigenvalue weighted by Gasteiger charge is -2.41. The number of halogens is 3. The van der Waals surface area contributed by atoms with Crippen LogP contribution < -0.4 is 20.4 Å². The first-order valence-electron chi connectivity index (χ1n) is 19.6. The molecule has 2 N–H and O–H groups in total. The third-order valence-electron chi connectivity index (χ3n) is 10.9. The second kappa shape index (κ2) is 20.3. The average molecular weight is 911 g/mol. The van der Waals surface area contributed by atoms with E-state index in [1.54, 1.807) is 23.6 Å². The quantitative estimate of drug-likeness (QED) is 0.175. The van der Waals surface area contributed by atoms with E-state index in [1.165, 1.54) is 49.6 Å². The van der Waals surface area contributed by atoms with Gasteiger partial charge >= 0.3 is 0 Å². The molecule has 13 nitrogen and oxygen atoms in total. The van der Waals surface area contributed by atoms with E-state index in [1.807, 2.05) is 34.6 Å². The molecule has 0 bridgehead atoms. The van der Waals surface area contributed by atoms with Gasteiger partial charge in [0, 0.05) is 88.5 Å². The highest BCUT2D eigenvalue weighted by Crippen LogP contribution is 2.42. The molecule has 6 heterocycles. The number of pyridine rings is 1. The molecule has 0 radical (unpaired) electrons. The maximum absolute atomic E-state index is 13.5. The van der Waals surface area contributed by atoms with Gasteiger partial charge in [-0.05, 0) is 50.3 Å². The Labute approximate surface area is 365 Å². The molecular weight excluding hydrogens is 861 g/mol. The predicted octanol–water partition coefficient (Wildman–Crippen LogP) is 7.56. The number of nitrogens with zero attached hydrogens (tertiary/aromatic N) is 7. The second-order valence-electron chi connectivity index (χ2n) is 14.9. The topological polar surface area (TPSA) is 143 Å². The van der Waals surface area contributed by atoms with Crippen LogP contribution in [0.15, 0.2) is 52.5 Å². The van der Waals surface area contributed by atoms with E-state index in [0.717, 1.165) is 48.0 Å². The number of anilines is 3. The number of hydrogen-bond acceptors (Lipinski definition) is 11. The highest BCUT2D eigenvalue weighted by Gasteiger charge is 2.30. The van der Waals surface area contributed by atoms with E-state index in [0.29, 0.717) is 90.3 Å². The molecule has 0 spiro atoms. The van der Waals surface area contributed by atoms with Crippen LogP contribution in [0.3, 0.4) is 0 Å². The second-order valence-corrected chi connectivity index (χ2v) is 19.3.